The van der Waals surface area contributed by atoms with Crippen LogP contribution in [0.15, 0.2) is 0 Å². The van der Waals surface area contributed by atoms with Gasteiger partial charge >= 0.3 is 0 Å². The molecule has 0 unspecified atom stereocenters. The molecule has 0 atom stereocenters. The molecular weight excluding hydrogens is 194 g/mol. The first kappa shape index (κ1) is 9.90. The second kappa shape index (κ2) is 4.26. The molecule has 0 fully saturated rings. The Morgan fingerprint density at radius 2 is 2.43 bits per heavy atom. The van der Waals surface area contributed by atoms with Crippen LogP contribution in [-0.4, -0.2) is 28.3 Å². The fourth-order valence-corrected chi connectivity index (χ4v) is 2.34. The first-order valence-electron chi connectivity index (χ1n) is 5.18. The molecule has 2 rings (SSSR count). The van der Waals surface area contributed by atoms with Crippen LogP contribution >= 0.6 is 11.8 Å². The Bertz CT molecular complexity index is 319. The Hall–Kier alpha value is -0.640. The molecule has 0 aliphatic carbocycles. The van der Waals surface area contributed by atoms with E-state index in [1.165, 1.54) is 22.8 Å². The van der Waals surface area contributed by atoms with Gasteiger partial charge in [0.2, 0.25) is 0 Å². The third-order valence-corrected chi connectivity index (χ3v) is 3.26. The SMILES string of the molecule is CCn1nc(CCSC)c2c1NCC2. The predicted molar refractivity (Wildman–Crippen MR) is 62.2 cm³/mol. The third-order valence-electron chi connectivity index (χ3n) is 2.64. The highest BCUT2D eigenvalue weighted by Gasteiger charge is 2.20. The fourth-order valence-electron chi connectivity index (χ4n) is 1.94. The first-order valence-corrected chi connectivity index (χ1v) is 6.57. The molecule has 1 aliphatic rings. The zero-order valence-corrected chi connectivity index (χ0v) is 9.65. The Morgan fingerprint density at radius 3 is 3.14 bits per heavy atom. The van der Waals surface area contributed by atoms with Crippen molar-refractivity contribution in [2.45, 2.75) is 26.3 Å². The van der Waals surface area contributed by atoms with Crippen LogP contribution in [0.2, 0.25) is 0 Å². The molecule has 1 aromatic heterocycles. The summed E-state index contributed by atoms with van der Waals surface area (Å²) in [6.07, 6.45) is 4.41. The van der Waals surface area contributed by atoms with Gasteiger partial charge in [-0.05, 0) is 25.4 Å². The average molecular weight is 211 g/mol. The Morgan fingerprint density at radius 1 is 1.57 bits per heavy atom. The lowest BCUT2D eigenvalue weighted by molar-refractivity contribution is 0.653. The van der Waals surface area contributed by atoms with Crippen LogP contribution in [0.25, 0.3) is 0 Å². The molecule has 1 aromatic rings. The lowest BCUT2D eigenvalue weighted by atomic mass is 10.2. The maximum Gasteiger partial charge on any atom is 0.127 e. The van der Waals surface area contributed by atoms with E-state index in [4.69, 9.17) is 0 Å². The van der Waals surface area contributed by atoms with E-state index in [0.29, 0.717) is 0 Å². The maximum absolute atomic E-state index is 4.63. The summed E-state index contributed by atoms with van der Waals surface area (Å²) in [5.41, 5.74) is 2.77. The largest absolute Gasteiger partial charge is 0.370 e. The van der Waals surface area contributed by atoms with Crippen molar-refractivity contribution in [3.05, 3.63) is 11.3 Å². The van der Waals surface area contributed by atoms with Gasteiger partial charge in [0, 0.05) is 25.1 Å². The lowest BCUT2D eigenvalue weighted by Gasteiger charge is -2.01. The number of thioether (sulfide) groups is 1. The van der Waals surface area contributed by atoms with Crippen LogP contribution in [0, 0.1) is 0 Å². The zero-order chi connectivity index (χ0) is 9.97. The molecule has 0 bridgehead atoms. The second-order valence-corrected chi connectivity index (χ2v) is 4.49. The van der Waals surface area contributed by atoms with E-state index in [0.717, 1.165) is 25.9 Å². The van der Waals surface area contributed by atoms with Gasteiger partial charge in [0.05, 0.1) is 5.69 Å². The van der Waals surface area contributed by atoms with Gasteiger partial charge in [0.1, 0.15) is 5.82 Å². The highest BCUT2D eigenvalue weighted by Crippen LogP contribution is 2.26. The smallest absolute Gasteiger partial charge is 0.127 e. The molecule has 0 aromatic carbocycles. The highest BCUT2D eigenvalue weighted by molar-refractivity contribution is 7.98. The molecule has 0 saturated carbocycles. The predicted octanol–water partition coefficient (Wildman–Crippen LogP) is 1.78. The number of anilines is 1. The summed E-state index contributed by atoms with van der Waals surface area (Å²) in [5.74, 6) is 2.44. The second-order valence-electron chi connectivity index (χ2n) is 3.51. The maximum atomic E-state index is 4.63. The van der Waals surface area contributed by atoms with Gasteiger partial charge in [-0.3, -0.25) is 0 Å². The van der Waals surface area contributed by atoms with Crippen molar-refractivity contribution >= 4 is 17.6 Å². The van der Waals surface area contributed by atoms with Gasteiger partial charge in [0.15, 0.2) is 0 Å². The number of rotatable bonds is 4. The number of hydrogen-bond donors (Lipinski definition) is 1. The molecule has 4 heteroatoms. The number of nitrogens with zero attached hydrogens (tertiary/aromatic N) is 2. The normalized spacial score (nSPS) is 14.1. The van der Waals surface area contributed by atoms with Crippen molar-refractivity contribution < 1.29 is 0 Å². The van der Waals surface area contributed by atoms with E-state index in [1.54, 1.807) is 0 Å². The molecular formula is C10H17N3S. The van der Waals surface area contributed by atoms with Crippen molar-refractivity contribution in [3.8, 4) is 0 Å². The minimum atomic E-state index is 0.967. The summed E-state index contributed by atoms with van der Waals surface area (Å²) in [4.78, 5) is 0. The molecule has 0 amide bonds. The van der Waals surface area contributed by atoms with E-state index in [2.05, 4.69) is 28.3 Å². The number of aryl methyl sites for hydroxylation is 2. The Balaban J connectivity index is 2.23. The van der Waals surface area contributed by atoms with E-state index in [9.17, 15) is 0 Å². The summed E-state index contributed by atoms with van der Waals surface area (Å²) in [6, 6.07) is 0. The number of aromatic nitrogens is 2. The average Bonchev–Trinajstić information content (AvgIpc) is 2.76. The molecule has 0 radical (unpaired) electrons. The van der Waals surface area contributed by atoms with Crippen molar-refractivity contribution in [3.63, 3.8) is 0 Å². The van der Waals surface area contributed by atoms with Crippen molar-refractivity contribution in [1.29, 1.82) is 0 Å². The molecule has 2 heterocycles. The lowest BCUT2D eigenvalue weighted by Crippen LogP contribution is -2.05. The summed E-state index contributed by atoms with van der Waals surface area (Å²) in [7, 11) is 0. The first-order chi connectivity index (χ1) is 6.86. The summed E-state index contributed by atoms with van der Waals surface area (Å²) in [5, 5.41) is 8.04. The standard InChI is InChI=1S/C10H17N3S/c1-3-13-10-8(4-6-11-10)9(12-13)5-7-14-2/h11H,3-7H2,1-2H3. The monoisotopic (exact) mass is 211 g/mol. The Kier molecular flexibility index (Phi) is 3.01. The molecule has 1 aliphatic heterocycles. The van der Waals surface area contributed by atoms with Crippen LogP contribution in [0.1, 0.15) is 18.2 Å². The van der Waals surface area contributed by atoms with Gasteiger partial charge in [-0.1, -0.05) is 0 Å². The van der Waals surface area contributed by atoms with E-state index < -0.39 is 0 Å². The van der Waals surface area contributed by atoms with E-state index in [1.807, 2.05) is 11.8 Å². The topological polar surface area (TPSA) is 29.9 Å². The fraction of sp³-hybridized carbons (Fsp3) is 0.700. The van der Waals surface area contributed by atoms with Crippen molar-refractivity contribution in [2.75, 3.05) is 23.9 Å². The van der Waals surface area contributed by atoms with Crippen LogP contribution in [0.3, 0.4) is 0 Å². The Labute approximate surface area is 89.3 Å². The van der Waals surface area contributed by atoms with Gasteiger partial charge in [0.25, 0.3) is 0 Å². The highest BCUT2D eigenvalue weighted by atomic mass is 32.2. The van der Waals surface area contributed by atoms with Crippen LogP contribution < -0.4 is 5.32 Å². The molecule has 3 nitrogen and oxygen atoms in total. The molecule has 78 valence electrons. The summed E-state index contributed by atoms with van der Waals surface area (Å²) < 4.78 is 2.10. The number of hydrogen-bond acceptors (Lipinski definition) is 3. The molecule has 0 spiro atoms. The van der Waals surface area contributed by atoms with Crippen LogP contribution in [0.4, 0.5) is 5.82 Å². The summed E-state index contributed by atoms with van der Waals surface area (Å²) in [6.45, 7) is 4.19. The number of nitrogens with one attached hydrogen (secondary N) is 1. The third kappa shape index (κ3) is 1.63. The van der Waals surface area contributed by atoms with Gasteiger partial charge in [-0.2, -0.15) is 16.9 Å². The summed E-state index contributed by atoms with van der Waals surface area (Å²) >= 11 is 1.89. The minimum Gasteiger partial charge on any atom is -0.370 e. The van der Waals surface area contributed by atoms with Crippen LogP contribution in [-0.2, 0) is 19.4 Å². The van der Waals surface area contributed by atoms with Gasteiger partial charge in [-0.15, -0.1) is 0 Å². The molecule has 14 heavy (non-hydrogen) atoms. The quantitative estimate of drug-likeness (QED) is 0.823. The number of fused-ring (bicyclic) bond motifs is 1. The molecule has 0 saturated heterocycles. The molecule has 1 N–H and O–H groups in total. The van der Waals surface area contributed by atoms with Crippen molar-refractivity contribution in [2.24, 2.45) is 0 Å². The van der Waals surface area contributed by atoms with Crippen LogP contribution in [0.5, 0.6) is 0 Å². The minimum absolute atomic E-state index is 0.967. The van der Waals surface area contributed by atoms with E-state index in [-0.39, 0.29) is 0 Å². The zero-order valence-electron chi connectivity index (χ0n) is 8.84. The van der Waals surface area contributed by atoms with E-state index >= 15 is 0 Å². The van der Waals surface area contributed by atoms with Gasteiger partial charge < -0.3 is 5.32 Å². The van der Waals surface area contributed by atoms with Crippen molar-refractivity contribution in [1.82, 2.24) is 9.78 Å². The van der Waals surface area contributed by atoms with Gasteiger partial charge in [-0.25, -0.2) is 4.68 Å².